The monoisotopic (exact) mass is 346 g/mol. The van der Waals surface area contributed by atoms with Crippen molar-refractivity contribution in [3.05, 3.63) is 24.5 Å². The van der Waals surface area contributed by atoms with Crippen molar-refractivity contribution in [1.82, 2.24) is 19.7 Å². The first-order valence-corrected chi connectivity index (χ1v) is 8.89. The number of hydrogen-bond donors (Lipinski definition) is 0. The number of pyridine rings is 1. The molecule has 3 rings (SSSR count). The molecule has 2 aliphatic rings. The lowest BCUT2D eigenvalue weighted by Gasteiger charge is -2.37. The predicted molar refractivity (Wildman–Crippen MR) is 93.1 cm³/mol. The standard InChI is InChI=1S/C18H26N4O3/c1-14(18(24)21-10-8-20(9-11-21)15(2)23)22-7-5-17(13-22)25-16-4-3-6-19-12-16/h3-4,6,12,14,17H,5,7-11,13H2,1-2H3/t14-,17+/m1/s1. The molecule has 0 aliphatic carbocycles. The Labute approximate surface area is 148 Å². The molecule has 0 spiro atoms. The van der Waals surface area contributed by atoms with Gasteiger partial charge in [0.25, 0.3) is 0 Å². The Morgan fingerprint density at radius 1 is 1.20 bits per heavy atom. The second-order valence-corrected chi connectivity index (χ2v) is 6.72. The van der Waals surface area contributed by atoms with Crippen LogP contribution < -0.4 is 4.74 Å². The van der Waals surface area contributed by atoms with E-state index in [1.165, 1.54) is 0 Å². The highest BCUT2D eigenvalue weighted by Gasteiger charge is 2.34. The third-order valence-electron chi connectivity index (χ3n) is 5.06. The Morgan fingerprint density at radius 3 is 2.56 bits per heavy atom. The summed E-state index contributed by atoms with van der Waals surface area (Å²) in [6.45, 7) is 7.62. The van der Waals surface area contributed by atoms with E-state index in [1.54, 1.807) is 24.2 Å². The van der Waals surface area contributed by atoms with Gasteiger partial charge in [-0.15, -0.1) is 0 Å². The molecule has 2 atom stereocenters. The summed E-state index contributed by atoms with van der Waals surface area (Å²) in [6, 6.07) is 3.60. The zero-order valence-corrected chi connectivity index (χ0v) is 14.9. The van der Waals surface area contributed by atoms with E-state index < -0.39 is 0 Å². The molecule has 7 nitrogen and oxygen atoms in total. The van der Waals surface area contributed by atoms with Crippen LogP contribution in [0, 0.1) is 0 Å². The number of amides is 2. The lowest BCUT2D eigenvalue weighted by molar-refractivity contribution is -0.141. The molecule has 2 aliphatic heterocycles. The molecule has 7 heteroatoms. The topological polar surface area (TPSA) is 66.0 Å². The molecule has 1 aromatic heterocycles. The van der Waals surface area contributed by atoms with Crippen molar-refractivity contribution in [2.75, 3.05) is 39.3 Å². The Kier molecular flexibility index (Phi) is 5.53. The predicted octanol–water partition coefficient (Wildman–Crippen LogP) is 0.614. The summed E-state index contributed by atoms with van der Waals surface area (Å²) in [6.07, 6.45) is 4.44. The first kappa shape index (κ1) is 17.7. The fourth-order valence-electron chi connectivity index (χ4n) is 3.47. The Hall–Kier alpha value is -2.15. The lowest BCUT2D eigenvalue weighted by atomic mass is 10.2. The Bertz CT molecular complexity index is 602. The van der Waals surface area contributed by atoms with Crippen molar-refractivity contribution in [2.24, 2.45) is 0 Å². The van der Waals surface area contributed by atoms with Crippen LogP contribution >= 0.6 is 0 Å². The average Bonchev–Trinajstić information content (AvgIpc) is 3.10. The fourth-order valence-corrected chi connectivity index (χ4v) is 3.47. The number of ether oxygens (including phenoxy) is 1. The first-order valence-electron chi connectivity index (χ1n) is 8.89. The van der Waals surface area contributed by atoms with Gasteiger partial charge in [0.05, 0.1) is 12.2 Å². The molecule has 0 saturated carbocycles. The van der Waals surface area contributed by atoms with E-state index >= 15 is 0 Å². The van der Waals surface area contributed by atoms with Crippen LogP contribution in [0.25, 0.3) is 0 Å². The summed E-state index contributed by atoms with van der Waals surface area (Å²) in [5.74, 6) is 0.994. The maximum Gasteiger partial charge on any atom is 0.239 e. The summed E-state index contributed by atoms with van der Waals surface area (Å²) in [5.41, 5.74) is 0. The smallest absolute Gasteiger partial charge is 0.239 e. The molecular formula is C18H26N4O3. The largest absolute Gasteiger partial charge is 0.487 e. The molecule has 0 aromatic carbocycles. The molecule has 0 unspecified atom stereocenters. The van der Waals surface area contributed by atoms with Gasteiger partial charge in [-0.25, -0.2) is 0 Å². The van der Waals surface area contributed by atoms with Gasteiger partial charge in [0.1, 0.15) is 11.9 Å². The third kappa shape index (κ3) is 4.28. The van der Waals surface area contributed by atoms with Gasteiger partial charge in [0.2, 0.25) is 11.8 Å². The van der Waals surface area contributed by atoms with Crippen molar-refractivity contribution in [1.29, 1.82) is 0 Å². The fraction of sp³-hybridized carbons (Fsp3) is 0.611. The van der Waals surface area contributed by atoms with E-state index in [2.05, 4.69) is 9.88 Å². The molecule has 0 N–H and O–H groups in total. The number of carbonyl (C=O) groups is 2. The molecule has 1 aromatic rings. The number of piperazine rings is 1. The first-order chi connectivity index (χ1) is 12.0. The number of aromatic nitrogens is 1. The molecular weight excluding hydrogens is 320 g/mol. The summed E-state index contributed by atoms with van der Waals surface area (Å²) in [4.78, 5) is 34.1. The van der Waals surface area contributed by atoms with E-state index in [1.807, 2.05) is 24.0 Å². The number of likely N-dealkylation sites (tertiary alicyclic amines) is 1. The highest BCUT2D eigenvalue weighted by atomic mass is 16.5. The van der Waals surface area contributed by atoms with Gasteiger partial charge in [-0.05, 0) is 25.5 Å². The van der Waals surface area contributed by atoms with E-state index in [-0.39, 0.29) is 24.0 Å². The van der Waals surface area contributed by atoms with Crippen LogP contribution in [-0.2, 0) is 9.59 Å². The number of rotatable bonds is 4. The van der Waals surface area contributed by atoms with Gasteiger partial charge in [0.15, 0.2) is 0 Å². The molecule has 0 radical (unpaired) electrons. The van der Waals surface area contributed by atoms with Crippen LogP contribution in [0.4, 0.5) is 0 Å². The quantitative estimate of drug-likeness (QED) is 0.799. The summed E-state index contributed by atoms with van der Waals surface area (Å²) >= 11 is 0. The normalized spacial score (nSPS) is 22.7. The minimum absolute atomic E-state index is 0.0788. The van der Waals surface area contributed by atoms with Crippen LogP contribution in [-0.4, -0.2) is 82.9 Å². The minimum atomic E-state index is -0.161. The van der Waals surface area contributed by atoms with Crippen LogP contribution in [0.2, 0.25) is 0 Å². The van der Waals surface area contributed by atoms with Crippen molar-refractivity contribution in [2.45, 2.75) is 32.4 Å². The molecule has 25 heavy (non-hydrogen) atoms. The molecule has 136 valence electrons. The van der Waals surface area contributed by atoms with Crippen molar-refractivity contribution < 1.29 is 14.3 Å². The third-order valence-corrected chi connectivity index (χ3v) is 5.06. The van der Waals surface area contributed by atoms with Crippen LogP contribution in [0.5, 0.6) is 5.75 Å². The SMILES string of the molecule is CC(=O)N1CCN(C(=O)[C@@H](C)N2CC[C@H](Oc3cccnc3)C2)CC1. The van der Waals surface area contributed by atoms with E-state index in [0.717, 1.165) is 25.3 Å². The Balaban J connectivity index is 1.49. The van der Waals surface area contributed by atoms with E-state index in [9.17, 15) is 9.59 Å². The molecule has 2 fully saturated rings. The van der Waals surface area contributed by atoms with E-state index in [0.29, 0.717) is 26.2 Å². The van der Waals surface area contributed by atoms with Gasteiger partial charge in [-0.1, -0.05) is 0 Å². The zero-order chi connectivity index (χ0) is 17.8. The summed E-state index contributed by atoms with van der Waals surface area (Å²) in [5, 5.41) is 0. The van der Waals surface area contributed by atoms with Gasteiger partial charge in [0, 0.05) is 52.4 Å². The van der Waals surface area contributed by atoms with E-state index in [4.69, 9.17) is 4.74 Å². The van der Waals surface area contributed by atoms with Crippen LogP contribution in [0.3, 0.4) is 0 Å². The second-order valence-electron chi connectivity index (χ2n) is 6.72. The number of hydrogen-bond acceptors (Lipinski definition) is 5. The van der Waals surface area contributed by atoms with Crippen LogP contribution in [0.1, 0.15) is 20.3 Å². The molecule has 3 heterocycles. The maximum absolute atomic E-state index is 12.8. The molecule has 2 amide bonds. The van der Waals surface area contributed by atoms with Gasteiger partial charge in [-0.2, -0.15) is 0 Å². The average molecular weight is 346 g/mol. The number of carbonyl (C=O) groups excluding carboxylic acids is 2. The van der Waals surface area contributed by atoms with Gasteiger partial charge >= 0.3 is 0 Å². The minimum Gasteiger partial charge on any atom is -0.487 e. The Morgan fingerprint density at radius 2 is 1.92 bits per heavy atom. The van der Waals surface area contributed by atoms with Crippen molar-refractivity contribution in [3.8, 4) is 5.75 Å². The second kappa shape index (κ2) is 7.82. The van der Waals surface area contributed by atoms with Crippen molar-refractivity contribution in [3.63, 3.8) is 0 Å². The molecule has 2 saturated heterocycles. The maximum atomic E-state index is 12.8. The van der Waals surface area contributed by atoms with Crippen molar-refractivity contribution >= 4 is 11.8 Å². The van der Waals surface area contributed by atoms with Crippen LogP contribution in [0.15, 0.2) is 24.5 Å². The number of nitrogens with zero attached hydrogens (tertiary/aromatic N) is 4. The summed E-state index contributed by atoms with van der Waals surface area (Å²) < 4.78 is 5.95. The van der Waals surface area contributed by atoms with Gasteiger partial charge in [-0.3, -0.25) is 19.5 Å². The highest BCUT2D eigenvalue weighted by Crippen LogP contribution is 2.20. The van der Waals surface area contributed by atoms with Gasteiger partial charge < -0.3 is 14.5 Å². The lowest BCUT2D eigenvalue weighted by Crippen LogP contribution is -2.54. The summed E-state index contributed by atoms with van der Waals surface area (Å²) in [7, 11) is 0. The highest BCUT2D eigenvalue weighted by molar-refractivity contribution is 5.82. The molecule has 0 bridgehead atoms. The zero-order valence-electron chi connectivity index (χ0n) is 14.9.